The van der Waals surface area contributed by atoms with Gasteiger partial charge in [0.1, 0.15) is 0 Å². The molecule has 0 heterocycles. The van der Waals surface area contributed by atoms with Gasteiger partial charge in [0.15, 0.2) is 0 Å². The molecule has 0 spiro atoms. The fraction of sp³-hybridized carbons (Fsp3) is 0.750. The third-order valence-electron chi connectivity index (χ3n) is 1.18. The highest BCUT2D eigenvalue weighted by atomic mass is 14.8. The minimum Gasteiger partial charge on any atom is -0.306 e. The first-order valence-electron chi connectivity index (χ1n) is 3.56. The zero-order valence-corrected chi connectivity index (χ0v) is 6.11. The summed E-state index contributed by atoms with van der Waals surface area (Å²) in [6, 6.07) is 0. The first-order valence-corrected chi connectivity index (χ1v) is 3.56. The fourth-order valence-corrected chi connectivity index (χ4v) is 0.661. The maximum atomic E-state index is 5.03. The molecule has 0 aromatic carbocycles. The van der Waals surface area contributed by atoms with Gasteiger partial charge in [-0.3, -0.25) is 0 Å². The minimum atomic E-state index is 0.712. The van der Waals surface area contributed by atoms with E-state index in [9.17, 15) is 0 Å². The monoisotopic (exact) mass is 125 g/mol. The molecule has 0 unspecified atom stereocenters. The van der Waals surface area contributed by atoms with Crippen LogP contribution in [-0.4, -0.2) is 13.1 Å². The van der Waals surface area contributed by atoms with Crippen molar-refractivity contribution in [1.82, 2.24) is 5.32 Å². The molecule has 0 aliphatic heterocycles. The Morgan fingerprint density at radius 1 is 1.44 bits per heavy atom. The van der Waals surface area contributed by atoms with Gasteiger partial charge in [-0.25, -0.2) is 0 Å². The number of hydrogen-bond acceptors (Lipinski definition) is 1. The van der Waals surface area contributed by atoms with Gasteiger partial charge in [0.2, 0.25) is 0 Å². The van der Waals surface area contributed by atoms with E-state index < -0.39 is 0 Å². The molecule has 0 aromatic rings. The lowest BCUT2D eigenvalue weighted by Crippen LogP contribution is -2.14. The molecule has 9 heavy (non-hydrogen) atoms. The average Bonchev–Trinajstić information content (AvgIpc) is 1.89. The maximum absolute atomic E-state index is 5.03. The second-order valence-electron chi connectivity index (χ2n) is 2.09. The van der Waals surface area contributed by atoms with Crippen molar-refractivity contribution in [2.75, 3.05) is 13.1 Å². The molecule has 0 rings (SSSR count). The third kappa shape index (κ3) is 7.52. The summed E-state index contributed by atoms with van der Waals surface area (Å²) in [5.41, 5.74) is 0. The smallest absolute Gasteiger partial charge is 0.0573 e. The molecule has 52 valence electrons. The Balaban J connectivity index is 2.69. The first kappa shape index (κ1) is 8.52. The van der Waals surface area contributed by atoms with Crippen LogP contribution in [0.25, 0.3) is 0 Å². The maximum Gasteiger partial charge on any atom is 0.0573 e. The Kier molecular flexibility index (Phi) is 7.12. The molecule has 1 nitrogen and oxygen atoms in total. The van der Waals surface area contributed by atoms with Gasteiger partial charge in [0, 0.05) is 0 Å². The van der Waals surface area contributed by atoms with Crippen LogP contribution in [0, 0.1) is 12.3 Å². The summed E-state index contributed by atoms with van der Waals surface area (Å²) >= 11 is 0. The molecule has 0 aliphatic carbocycles. The summed E-state index contributed by atoms with van der Waals surface area (Å²) in [7, 11) is 0. The van der Waals surface area contributed by atoms with Crippen molar-refractivity contribution in [3.8, 4) is 12.3 Å². The van der Waals surface area contributed by atoms with Crippen LogP contribution in [0.1, 0.15) is 26.2 Å². The summed E-state index contributed by atoms with van der Waals surface area (Å²) in [6.07, 6.45) is 8.86. The largest absolute Gasteiger partial charge is 0.306 e. The molecule has 0 bridgehead atoms. The lowest BCUT2D eigenvalue weighted by atomic mass is 10.2. The Bertz CT molecular complexity index is 81.1. The van der Waals surface area contributed by atoms with Crippen LogP contribution in [-0.2, 0) is 0 Å². The van der Waals surface area contributed by atoms with Crippen molar-refractivity contribution < 1.29 is 0 Å². The molecule has 1 heteroatoms. The topological polar surface area (TPSA) is 12.0 Å². The second kappa shape index (κ2) is 7.52. The van der Waals surface area contributed by atoms with Crippen molar-refractivity contribution in [1.29, 1.82) is 0 Å². The number of rotatable bonds is 5. The highest BCUT2D eigenvalue weighted by molar-refractivity contribution is 4.86. The number of unbranched alkanes of at least 4 members (excludes halogenated alkanes) is 2. The molecule has 0 fully saturated rings. The van der Waals surface area contributed by atoms with E-state index in [0.29, 0.717) is 6.54 Å². The van der Waals surface area contributed by atoms with E-state index in [2.05, 4.69) is 18.2 Å². The average molecular weight is 125 g/mol. The van der Waals surface area contributed by atoms with Crippen LogP contribution < -0.4 is 5.32 Å². The predicted octanol–water partition coefficient (Wildman–Crippen LogP) is 1.40. The summed E-state index contributed by atoms with van der Waals surface area (Å²) in [6.45, 7) is 3.98. The Morgan fingerprint density at radius 3 is 2.78 bits per heavy atom. The molecule has 0 radical (unpaired) electrons. The van der Waals surface area contributed by atoms with Crippen molar-refractivity contribution >= 4 is 0 Å². The lowest BCUT2D eigenvalue weighted by Gasteiger charge is -1.96. The lowest BCUT2D eigenvalue weighted by molar-refractivity contribution is 0.650. The van der Waals surface area contributed by atoms with Crippen LogP contribution in [0.5, 0.6) is 0 Å². The predicted molar refractivity (Wildman–Crippen MR) is 41.2 cm³/mol. The van der Waals surface area contributed by atoms with Crippen molar-refractivity contribution in [3.63, 3.8) is 0 Å². The number of nitrogens with one attached hydrogen (secondary N) is 1. The summed E-state index contributed by atoms with van der Waals surface area (Å²) < 4.78 is 0. The van der Waals surface area contributed by atoms with Gasteiger partial charge in [-0.1, -0.05) is 25.7 Å². The molecular formula is C8H15N. The van der Waals surface area contributed by atoms with Crippen LogP contribution in [0.2, 0.25) is 0 Å². The van der Waals surface area contributed by atoms with E-state index in [1.54, 1.807) is 0 Å². The zero-order valence-electron chi connectivity index (χ0n) is 6.11. The molecule has 0 aromatic heterocycles. The van der Waals surface area contributed by atoms with Crippen LogP contribution >= 0.6 is 0 Å². The van der Waals surface area contributed by atoms with Gasteiger partial charge in [-0.15, -0.1) is 6.42 Å². The second-order valence-corrected chi connectivity index (χ2v) is 2.09. The molecule has 0 saturated carbocycles. The van der Waals surface area contributed by atoms with Gasteiger partial charge in [0.25, 0.3) is 0 Å². The molecule has 0 atom stereocenters. The fourth-order valence-electron chi connectivity index (χ4n) is 0.661. The van der Waals surface area contributed by atoms with Gasteiger partial charge < -0.3 is 5.32 Å². The summed E-state index contributed by atoms with van der Waals surface area (Å²) in [4.78, 5) is 0. The van der Waals surface area contributed by atoms with Crippen molar-refractivity contribution in [2.45, 2.75) is 26.2 Å². The summed E-state index contributed by atoms with van der Waals surface area (Å²) in [5.74, 6) is 2.53. The molecular weight excluding hydrogens is 110 g/mol. The zero-order chi connectivity index (χ0) is 6.95. The van der Waals surface area contributed by atoms with Crippen LogP contribution in [0.3, 0.4) is 0 Å². The minimum absolute atomic E-state index is 0.712. The highest BCUT2D eigenvalue weighted by Gasteiger charge is 1.82. The van der Waals surface area contributed by atoms with E-state index in [1.807, 2.05) is 0 Å². The van der Waals surface area contributed by atoms with E-state index in [4.69, 9.17) is 6.42 Å². The van der Waals surface area contributed by atoms with Crippen LogP contribution in [0.15, 0.2) is 0 Å². The SMILES string of the molecule is C#CCNCCCCC. The Hall–Kier alpha value is -0.480. The van der Waals surface area contributed by atoms with E-state index >= 15 is 0 Å². The Labute approximate surface area is 57.8 Å². The quantitative estimate of drug-likeness (QED) is 0.432. The van der Waals surface area contributed by atoms with Crippen molar-refractivity contribution in [3.05, 3.63) is 0 Å². The Morgan fingerprint density at radius 2 is 2.22 bits per heavy atom. The van der Waals surface area contributed by atoms with Gasteiger partial charge in [-0.2, -0.15) is 0 Å². The van der Waals surface area contributed by atoms with Gasteiger partial charge >= 0.3 is 0 Å². The number of terminal acetylenes is 1. The first-order chi connectivity index (χ1) is 4.41. The van der Waals surface area contributed by atoms with E-state index in [0.717, 1.165) is 6.54 Å². The molecule has 0 saturated heterocycles. The van der Waals surface area contributed by atoms with Crippen LogP contribution in [0.4, 0.5) is 0 Å². The molecule has 1 N–H and O–H groups in total. The van der Waals surface area contributed by atoms with Crippen molar-refractivity contribution in [2.24, 2.45) is 0 Å². The highest BCUT2D eigenvalue weighted by Crippen LogP contribution is 1.90. The van der Waals surface area contributed by atoms with E-state index in [1.165, 1.54) is 19.3 Å². The normalized spacial score (nSPS) is 8.89. The van der Waals surface area contributed by atoms with Gasteiger partial charge in [-0.05, 0) is 13.0 Å². The third-order valence-corrected chi connectivity index (χ3v) is 1.18. The molecule has 0 aliphatic rings. The summed E-state index contributed by atoms with van der Waals surface area (Å²) in [5, 5.41) is 3.13. The molecule has 0 amide bonds. The van der Waals surface area contributed by atoms with Gasteiger partial charge in [0.05, 0.1) is 6.54 Å². The number of hydrogen-bond donors (Lipinski definition) is 1. The van der Waals surface area contributed by atoms with E-state index in [-0.39, 0.29) is 0 Å². The standard InChI is InChI=1S/C8H15N/c1-3-5-6-8-9-7-4-2/h2,9H,3,5-8H2,1H3.